The molecule has 0 unspecified atom stereocenters. The molecule has 348 valence electrons. The molecule has 3 aliphatic rings. The van der Waals surface area contributed by atoms with Crippen LogP contribution in [0.4, 0.5) is 21.9 Å². The lowest BCUT2D eigenvalue weighted by molar-refractivity contribution is -0.142. The smallest absolute Gasteiger partial charge is 0.407 e. The predicted molar refractivity (Wildman–Crippen MR) is 251 cm³/mol. The quantitative estimate of drug-likeness (QED) is 0.103. The first kappa shape index (κ1) is 47.2. The van der Waals surface area contributed by atoms with Crippen molar-refractivity contribution in [2.45, 2.75) is 103 Å². The van der Waals surface area contributed by atoms with Crippen molar-refractivity contribution in [2.24, 2.45) is 5.41 Å². The summed E-state index contributed by atoms with van der Waals surface area (Å²) in [6.45, 7) is 8.01. The number of alkyl carbamates (subject to hydrolysis) is 1. The molecule has 3 saturated heterocycles. The third-order valence-electron chi connectivity index (χ3n) is 12.4. The third-order valence-corrected chi connectivity index (χ3v) is 12.4. The van der Waals surface area contributed by atoms with E-state index in [2.05, 4.69) is 26.2 Å². The van der Waals surface area contributed by atoms with E-state index in [-0.39, 0.29) is 29.5 Å². The molecule has 6 amide bonds. The summed E-state index contributed by atoms with van der Waals surface area (Å²) in [5.41, 5.74) is 4.29. The van der Waals surface area contributed by atoms with E-state index in [1.54, 1.807) is 21.9 Å². The van der Waals surface area contributed by atoms with Gasteiger partial charge in [-0.1, -0.05) is 93.6 Å². The maximum absolute atomic E-state index is 14.1. The van der Waals surface area contributed by atoms with Crippen LogP contribution in [0.1, 0.15) is 82.0 Å². The fraction of sp³-hybridized carbons (Fsp3) is 0.412. The number of nitrogens with one attached hydrogen (secondary N) is 4. The fourth-order valence-electron chi connectivity index (χ4n) is 8.87. The van der Waals surface area contributed by atoms with Crippen molar-refractivity contribution in [3.8, 4) is 0 Å². The van der Waals surface area contributed by atoms with E-state index >= 15 is 0 Å². The molecule has 0 bridgehead atoms. The number of hydrogen-bond acceptors (Lipinski definition) is 9. The number of para-hydroxylation sites is 1. The van der Waals surface area contributed by atoms with Crippen LogP contribution in [0.15, 0.2) is 109 Å². The van der Waals surface area contributed by atoms with Gasteiger partial charge in [-0.15, -0.1) is 0 Å². The standard InChI is InChI=1S/C51H61N7O8/c1-51(2,3)44(55-50(64)65-4)49(63)58-30-12-19-41(58)46(60)53-38-27-23-35(24-28-38)33-56(39-16-9-6-10-17-39)32-34-21-25-37(26-22-34)52-45(59)40-18-11-29-57(40)48(62)43(36-14-7-5-8-15-36)54-47(61)42-20-13-31-66-42/h5-10,14-17,21-28,40-44H,11-13,18-20,29-33H2,1-4H3,(H,52,59)(H,53,60)(H,54,61)(H,55,64)/t40-,41-,42+,43+,44+/m0/s1. The van der Waals surface area contributed by atoms with Crippen LogP contribution >= 0.6 is 0 Å². The number of hydrogen-bond donors (Lipinski definition) is 4. The molecule has 0 aliphatic carbocycles. The van der Waals surface area contributed by atoms with Gasteiger partial charge in [0.25, 0.3) is 0 Å². The molecule has 0 spiro atoms. The largest absolute Gasteiger partial charge is 0.453 e. The van der Waals surface area contributed by atoms with Crippen LogP contribution in [-0.4, -0.2) is 96.5 Å². The van der Waals surface area contributed by atoms with E-state index in [4.69, 9.17) is 9.47 Å². The van der Waals surface area contributed by atoms with Crippen LogP contribution in [0, 0.1) is 5.41 Å². The van der Waals surface area contributed by atoms with Crippen molar-refractivity contribution < 1.29 is 38.2 Å². The zero-order chi connectivity index (χ0) is 46.8. The summed E-state index contributed by atoms with van der Waals surface area (Å²) in [5, 5.41) is 11.6. The summed E-state index contributed by atoms with van der Waals surface area (Å²) in [4.78, 5) is 85.8. The van der Waals surface area contributed by atoms with Gasteiger partial charge >= 0.3 is 6.09 Å². The SMILES string of the molecule is COC(=O)N[C@H](C(=O)N1CCC[C@H]1C(=O)Nc1ccc(CN(Cc2ccc(NC(=O)[C@@H]3CCCN3C(=O)[C@H](NC(=O)[C@H]3CCCO3)c3ccccc3)cc2)c2ccccc2)cc1)C(C)(C)C. The van der Waals surface area contributed by atoms with Gasteiger partial charge in [-0.2, -0.15) is 0 Å². The number of likely N-dealkylation sites (tertiary alicyclic amines) is 2. The summed E-state index contributed by atoms with van der Waals surface area (Å²) in [6, 6.07) is 31.3. The summed E-state index contributed by atoms with van der Waals surface area (Å²) >= 11 is 0. The van der Waals surface area contributed by atoms with Crippen LogP contribution in [0.5, 0.6) is 0 Å². The molecule has 5 atom stereocenters. The summed E-state index contributed by atoms with van der Waals surface area (Å²) in [7, 11) is 1.25. The number of anilines is 3. The number of nitrogens with zero attached hydrogens (tertiary/aromatic N) is 3. The van der Waals surface area contributed by atoms with Crippen LogP contribution in [0.25, 0.3) is 0 Å². The molecule has 15 nitrogen and oxygen atoms in total. The number of amides is 6. The molecular weight excluding hydrogens is 839 g/mol. The van der Waals surface area contributed by atoms with Gasteiger partial charge in [0.15, 0.2) is 0 Å². The Morgan fingerprint density at radius 1 is 0.652 bits per heavy atom. The normalized spacial score (nSPS) is 19.1. The highest BCUT2D eigenvalue weighted by molar-refractivity contribution is 6.00. The minimum atomic E-state index is -0.944. The molecule has 7 rings (SSSR count). The minimum Gasteiger partial charge on any atom is -0.453 e. The first-order valence-corrected chi connectivity index (χ1v) is 22.8. The Labute approximate surface area is 386 Å². The second-order valence-corrected chi connectivity index (χ2v) is 18.2. The van der Waals surface area contributed by atoms with Crippen molar-refractivity contribution in [1.29, 1.82) is 0 Å². The lowest BCUT2D eigenvalue weighted by Gasteiger charge is -2.35. The highest BCUT2D eigenvalue weighted by Gasteiger charge is 2.43. The molecule has 15 heteroatoms. The lowest BCUT2D eigenvalue weighted by Crippen LogP contribution is -2.57. The molecule has 0 saturated carbocycles. The molecule has 4 aromatic carbocycles. The number of methoxy groups -OCH3 is 1. The second-order valence-electron chi connectivity index (χ2n) is 18.2. The molecular formula is C51H61N7O8. The second kappa shape index (κ2) is 21.5. The topological polar surface area (TPSA) is 179 Å². The maximum atomic E-state index is 14.1. The van der Waals surface area contributed by atoms with Crippen LogP contribution in [-0.2, 0) is 46.5 Å². The highest BCUT2D eigenvalue weighted by Crippen LogP contribution is 2.29. The number of carbonyl (C=O) groups is 6. The van der Waals surface area contributed by atoms with Crippen molar-refractivity contribution in [1.82, 2.24) is 20.4 Å². The zero-order valence-electron chi connectivity index (χ0n) is 38.2. The van der Waals surface area contributed by atoms with E-state index in [1.807, 2.05) is 118 Å². The van der Waals surface area contributed by atoms with Gasteiger partial charge in [-0.05, 0) is 97.0 Å². The maximum Gasteiger partial charge on any atom is 0.407 e. The van der Waals surface area contributed by atoms with E-state index in [1.165, 1.54) is 7.11 Å². The fourth-order valence-corrected chi connectivity index (χ4v) is 8.87. The molecule has 0 radical (unpaired) electrons. The van der Waals surface area contributed by atoms with Crippen LogP contribution < -0.4 is 26.2 Å². The number of benzene rings is 4. The monoisotopic (exact) mass is 899 g/mol. The molecule has 66 heavy (non-hydrogen) atoms. The van der Waals surface area contributed by atoms with Gasteiger partial charge in [0.05, 0.1) is 7.11 Å². The summed E-state index contributed by atoms with van der Waals surface area (Å²) in [6.07, 6.45) is 2.44. The Morgan fingerprint density at radius 3 is 1.65 bits per heavy atom. The lowest BCUT2D eigenvalue weighted by atomic mass is 9.85. The van der Waals surface area contributed by atoms with Crippen molar-refractivity contribution >= 4 is 52.7 Å². The van der Waals surface area contributed by atoms with E-state index in [0.717, 1.165) is 23.2 Å². The molecule has 3 heterocycles. The van der Waals surface area contributed by atoms with E-state index in [0.29, 0.717) is 81.8 Å². The Morgan fingerprint density at radius 2 is 1.17 bits per heavy atom. The van der Waals surface area contributed by atoms with Gasteiger partial charge in [0, 0.05) is 49.8 Å². The number of carbonyl (C=O) groups excluding carboxylic acids is 6. The van der Waals surface area contributed by atoms with E-state index in [9.17, 15) is 28.8 Å². The molecule has 4 aromatic rings. The van der Waals surface area contributed by atoms with Gasteiger partial charge in [-0.3, -0.25) is 24.0 Å². The summed E-state index contributed by atoms with van der Waals surface area (Å²) < 4.78 is 10.3. The number of rotatable bonds is 15. The third kappa shape index (κ3) is 11.7. The number of ether oxygens (including phenoxy) is 2. The van der Waals surface area contributed by atoms with Crippen molar-refractivity contribution in [2.75, 3.05) is 42.3 Å². The molecule has 0 aromatic heterocycles. The molecule has 4 N–H and O–H groups in total. The van der Waals surface area contributed by atoms with Crippen molar-refractivity contribution in [3.05, 3.63) is 126 Å². The molecule has 3 aliphatic heterocycles. The van der Waals surface area contributed by atoms with Gasteiger partial charge < -0.3 is 45.4 Å². The van der Waals surface area contributed by atoms with Gasteiger partial charge in [0.1, 0.15) is 30.3 Å². The van der Waals surface area contributed by atoms with Crippen LogP contribution in [0.2, 0.25) is 0 Å². The minimum absolute atomic E-state index is 0.285. The van der Waals surface area contributed by atoms with Crippen LogP contribution in [0.3, 0.4) is 0 Å². The predicted octanol–water partition coefficient (Wildman–Crippen LogP) is 6.56. The Kier molecular flexibility index (Phi) is 15.4. The van der Waals surface area contributed by atoms with E-state index < -0.39 is 41.8 Å². The van der Waals surface area contributed by atoms with Gasteiger partial charge in [0.2, 0.25) is 29.5 Å². The zero-order valence-corrected chi connectivity index (χ0v) is 38.2. The van der Waals surface area contributed by atoms with Crippen molar-refractivity contribution in [3.63, 3.8) is 0 Å². The molecule has 3 fully saturated rings. The average Bonchev–Trinajstić information content (AvgIpc) is 4.15. The Hall–Kier alpha value is -6.74. The first-order chi connectivity index (χ1) is 31.8. The highest BCUT2D eigenvalue weighted by atomic mass is 16.5. The Bertz CT molecular complexity index is 2320. The Balaban J connectivity index is 0.968. The summed E-state index contributed by atoms with van der Waals surface area (Å²) in [5.74, 6) is -1.55. The first-order valence-electron chi connectivity index (χ1n) is 22.8. The average molecular weight is 900 g/mol. The van der Waals surface area contributed by atoms with Gasteiger partial charge in [-0.25, -0.2) is 4.79 Å².